The fourth-order valence-electron chi connectivity index (χ4n) is 2.37. The highest BCUT2D eigenvalue weighted by molar-refractivity contribution is 6.02. The summed E-state index contributed by atoms with van der Waals surface area (Å²) in [5.41, 5.74) is -1.68. The summed E-state index contributed by atoms with van der Waals surface area (Å²) < 4.78 is 10.3. The third kappa shape index (κ3) is 4.19. The number of hydrogen-bond donors (Lipinski definition) is 0. The van der Waals surface area contributed by atoms with Crippen molar-refractivity contribution in [3.8, 4) is 0 Å². The van der Waals surface area contributed by atoms with Crippen LogP contribution in [0.3, 0.4) is 0 Å². The number of carbonyl (C=O) groups excluding carboxylic acids is 3. The minimum absolute atomic E-state index is 0.204. The molecular weight excluding hydrogens is 274 g/mol. The average Bonchev–Trinajstić information content (AvgIpc) is 2.36. The average molecular weight is 299 g/mol. The molecule has 0 radical (unpaired) electrons. The van der Waals surface area contributed by atoms with Crippen LogP contribution < -0.4 is 0 Å². The van der Waals surface area contributed by atoms with Crippen molar-refractivity contribution in [2.24, 2.45) is 5.41 Å². The van der Waals surface area contributed by atoms with Crippen LogP contribution in [0.15, 0.2) is 0 Å². The van der Waals surface area contributed by atoms with E-state index in [1.165, 1.54) is 11.8 Å². The number of esters is 1. The minimum Gasteiger partial charge on any atom is -0.465 e. The van der Waals surface area contributed by atoms with Gasteiger partial charge in [-0.15, -0.1) is 0 Å². The Kier molecular flexibility index (Phi) is 5.36. The third-order valence-corrected chi connectivity index (χ3v) is 3.61. The van der Waals surface area contributed by atoms with E-state index in [9.17, 15) is 14.4 Å². The van der Waals surface area contributed by atoms with Gasteiger partial charge in [0.1, 0.15) is 16.8 Å². The summed E-state index contributed by atoms with van der Waals surface area (Å²) in [5, 5.41) is 0. The van der Waals surface area contributed by atoms with E-state index in [1.807, 2.05) is 0 Å². The molecule has 1 aliphatic rings. The van der Waals surface area contributed by atoms with E-state index in [4.69, 9.17) is 9.47 Å². The van der Waals surface area contributed by atoms with Crippen LogP contribution in [0.25, 0.3) is 0 Å². The largest absolute Gasteiger partial charge is 0.465 e. The molecule has 21 heavy (non-hydrogen) atoms. The first kappa shape index (κ1) is 17.5. The molecule has 0 bridgehead atoms. The van der Waals surface area contributed by atoms with Crippen LogP contribution in [-0.4, -0.2) is 48.0 Å². The molecule has 0 aromatic carbocycles. The maximum Gasteiger partial charge on any atom is 0.410 e. The van der Waals surface area contributed by atoms with Gasteiger partial charge in [0.25, 0.3) is 0 Å². The first-order valence-corrected chi connectivity index (χ1v) is 7.28. The van der Waals surface area contributed by atoms with Crippen LogP contribution in [0.1, 0.15) is 47.5 Å². The van der Waals surface area contributed by atoms with Crippen LogP contribution in [-0.2, 0) is 19.1 Å². The Balaban J connectivity index is 2.73. The number of carbonyl (C=O) groups is 3. The summed E-state index contributed by atoms with van der Waals surface area (Å²) in [6.07, 6.45) is 0.143. The summed E-state index contributed by atoms with van der Waals surface area (Å²) in [6.45, 7) is 9.37. The molecule has 0 aliphatic carbocycles. The Morgan fingerprint density at radius 3 is 2.05 bits per heavy atom. The maximum atomic E-state index is 12.1. The fraction of sp³-hybridized carbons (Fsp3) is 0.800. The molecule has 0 saturated carbocycles. The summed E-state index contributed by atoms with van der Waals surface area (Å²) >= 11 is 0. The Labute approximate surface area is 125 Å². The number of piperidine rings is 1. The highest BCUT2D eigenvalue weighted by atomic mass is 16.6. The van der Waals surface area contributed by atoms with Gasteiger partial charge in [0.2, 0.25) is 0 Å². The Morgan fingerprint density at radius 1 is 1.14 bits per heavy atom. The van der Waals surface area contributed by atoms with Gasteiger partial charge in [-0.25, -0.2) is 4.79 Å². The van der Waals surface area contributed by atoms with Gasteiger partial charge < -0.3 is 14.4 Å². The minimum atomic E-state index is -1.12. The molecule has 1 rings (SSSR count). The monoisotopic (exact) mass is 299 g/mol. The second kappa shape index (κ2) is 6.45. The second-order valence-corrected chi connectivity index (χ2v) is 6.33. The lowest BCUT2D eigenvalue weighted by molar-refractivity contribution is -0.163. The van der Waals surface area contributed by atoms with Crippen molar-refractivity contribution in [3.63, 3.8) is 0 Å². The molecule has 1 saturated heterocycles. The van der Waals surface area contributed by atoms with Crippen LogP contribution in [0.4, 0.5) is 4.79 Å². The SMILES string of the molecule is CCOC(=O)C1(C(C)=O)CCN(C(=O)OC(C)(C)C)CC1. The normalized spacial score (nSPS) is 18.0. The van der Waals surface area contributed by atoms with E-state index >= 15 is 0 Å². The molecule has 6 nitrogen and oxygen atoms in total. The number of nitrogens with zero attached hydrogens (tertiary/aromatic N) is 1. The zero-order valence-electron chi connectivity index (χ0n) is 13.5. The molecule has 1 heterocycles. The molecule has 0 spiro atoms. The van der Waals surface area contributed by atoms with Gasteiger partial charge in [-0.3, -0.25) is 9.59 Å². The van der Waals surface area contributed by atoms with E-state index in [0.29, 0.717) is 13.1 Å². The maximum absolute atomic E-state index is 12.1. The van der Waals surface area contributed by atoms with Gasteiger partial charge in [0, 0.05) is 13.1 Å². The molecular formula is C15H25NO5. The molecule has 1 aliphatic heterocycles. The third-order valence-electron chi connectivity index (χ3n) is 3.61. The van der Waals surface area contributed by atoms with Gasteiger partial charge >= 0.3 is 12.1 Å². The van der Waals surface area contributed by atoms with Crippen molar-refractivity contribution in [2.45, 2.75) is 53.1 Å². The predicted octanol–water partition coefficient (Wildman–Crippen LogP) is 2.16. The quantitative estimate of drug-likeness (QED) is 0.590. The predicted molar refractivity (Wildman–Crippen MR) is 76.8 cm³/mol. The standard InChI is InChI=1S/C15H25NO5/c1-6-20-12(18)15(11(2)17)7-9-16(10-8-15)13(19)21-14(3,4)5/h6-10H2,1-5H3. The Morgan fingerprint density at radius 2 is 1.67 bits per heavy atom. The number of ketones is 1. The van der Waals surface area contributed by atoms with Crippen molar-refractivity contribution in [3.05, 3.63) is 0 Å². The number of amides is 1. The van der Waals surface area contributed by atoms with Crippen molar-refractivity contribution in [1.82, 2.24) is 4.90 Å². The Hall–Kier alpha value is -1.59. The van der Waals surface area contributed by atoms with Gasteiger partial charge in [0.15, 0.2) is 0 Å². The Bertz CT molecular complexity index is 416. The number of ether oxygens (including phenoxy) is 2. The van der Waals surface area contributed by atoms with Crippen molar-refractivity contribution < 1.29 is 23.9 Å². The van der Waals surface area contributed by atoms with Crippen LogP contribution in [0.5, 0.6) is 0 Å². The molecule has 0 N–H and O–H groups in total. The summed E-state index contributed by atoms with van der Waals surface area (Å²) in [5.74, 6) is -0.689. The number of Topliss-reactive ketones (excluding diaryl/α,β-unsaturated/α-hetero) is 1. The summed E-state index contributed by atoms with van der Waals surface area (Å²) in [4.78, 5) is 37.5. The van der Waals surface area contributed by atoms with Gasteiger partial charge in [-0.1, -0.05) is 0 Å². The molecule has 1 amide bonds. The van der Waals surface area contributed by atoms with E-state index in [-0.39, 0.29) is 25.2 Å². The molecule has 0 unspecified atom stereocenters. The zero-order valence-corrected chi connectivity index (χ0v) is 13.5. The molecule has 0 aromatic rings. The molecule has 0 atom stereocenters. The molecule has 1 fully saturated rings. The first-order chi connectivity index (χ1) is 9.62. The lowest BCUT2D eigenvalue weighted by atomic mass is 9.75. The van der Waals surface area contributed by atoms with E-state index in [2.05, 4.69) is 0 Å². The number of likely N-dealkylation sites (tertiary alicyclic amines) is 1. The van der Waals surface area contributed by atoms with Gasteiger partial charge in [-0.2, -0.15) is 0 Å². The van der Waals surface area contributed by atoms with E-state index in [0.717, 1.165) is 0 Å². The highest BCUT2D eigenvalue weighted by Gasteiger charge is 2.47. The topological polar surface area (TPSA) is 72.9 Å². The van der Waals surface area contributed by atoms with Crippen LogP contribution in [0.2, 0.25) is 0 Å². The van der Waals surface area contributed by atoms with Gasteiger partial charge in [0.05, 0.1) is 6.61 Å². The van der Waals surface area contributed by atoms with Crippen LogP contribution >= 0.6 is 0 Å². The molecule has 6 heteroatoms. The van der Waals surface area contributed by atoms with E-state index < -0.39 is 23.1 Å². The lowest BCUT2D eigenvalue weighted by Gasteiger charge is -2.38. The zero-order chi connectivity index (χ0) is 16.3. The second-order valence-electron chi connectivity index (χ2n) is 6.33. The molecule has 120 valence electrons. The fourth-order valence-corrected chi connectivity index (χ4v) is 2.37. The van der Waals surface area contributed by atoms with Crippen molar-refractivity contribution in [1.29, 1.82) is 0 Å². The lowest BCUT2D eigenvalue weighted by Crippen LogP contribution is -2.51. The van der Waals surface area contributed by atoms with E-state index in [1.54, 1.807) is 27.7 Å². The number of hydrogen-bond acceptors (Lipinski definition) is 5. The smallest absolute Gasteiger partial charge is 0.410 e. The molecule has 0 aromatic heterocycles. The van der Waals surface area contributed by atoms with Crippen molar-refractivity contribution in [2.75, 3.05) is 19.7 Å². The summed E-state index contributed by atoms with van der Waals surface area (Å²) in [6, 6.07) is 0. The van der Waals surface area contributed by atoms with Gasteiger partial charge in [-0.05, 0) is 47.5 Å². The van der Waals surface area contributed by atoms with Crippen LogP contribution in [0, 0.1) is 5.41 Å². The first-order valence-electron chi connectivity index (χ1n) is 7.28. The number of rotatable bonds is 3. The van der Waals surface area contributed by atoms with Crippen molar-refractivity contribution >= 4 is 17.8 Å². The summed E-state index contributed by atoms with van der Waals surface area (Å²) in [7, 11) is 0. The highest BCUT2D eigenvalue weighted by Crippen LogP contribution is 2.34.